The zero-order chi connectivity index (χ0) is 101. The molecule has 0 atom stereocenters. The van der Waals surface area contributed by atoms with Gasteiger partial charge in [-0.05, 0) is 314 Å². The van der Waals surface area contributed by atoms with Crippen molar-refractivity contribution < 1.29 is 0 Å². The molecule has 0 saturated heterocycles. The Hall–Kier alpha value is -17.3. The van der Waals surface area contributed by atoms with E-state index in [9.17, 15) is 0 Å². The number of anilines is 6. The van der Waals surface area contributed by atoms with Gasteiger partial charge in [0.2, 0.25) is 0 Å². The fraction of sp³-hybridized carbons (Fsp3) is 0.110. The van der Waals surface area contributed by atoms with Crippen LogP contribution in [0, 0.1) is 0 Å². The molecular weight excluding hydrogens is 1780 g/mol. The molecule has 148 heavy (non-hydrogen) atoms. The topological polar surface area (TPSA) is 6.48 Å². The third kappa shape index (κ3) is 16.0. The second kappa shape index (κ2) is 36.5. The normalized spacial score (nSPS) is 12.2. The lowest BCUT2D eigenvalue weighted by molar-refractivity contribution is 0.590. The predicted octanol–water partition coefficient (Wildman–Crippen LogP) is 42.0. The lowest BCUT2D eigenvalue weighted by atomic mass is 9.82. The van der Waals surface area contributed by atoms with Gasteiger partial charge in [0.25, 0.3) is 0 Å². The van der Waals surface area contributed by atoms with E-state index in [2.05, 4.69) is 578 Å². The molecule has 25 aromatic rings. The summed E-state index contributed by atoms with van der Waals surface area (Å²) in [6.45, 7) is 27.4. The Kier molecular flexibility index (Phi) is 22.6. The number of fused-ring (bicyclic) bond motifs is 16. The van der Waals surface area contributed by atoms with E-state index in [4.69, 9.17) is 0 Å². The molecule has 0 amide bonds. The van der Waals surface area contributed by atoms with E-state index in [1.807, 2.05) is 0 Å². The molecule has 25 aromatic carbocycles. The van der Waals surface area contributed by atoms with Crippen molar-refractivity contribution in [3.05, 3.63) is 508 Å². The Morgan fingerprint density at radius 1 is 0.135 bits per heavy atom. The van der Waals surface area contributed by atoms with Crippen LogP contribution in [0.5, 0.6) is 0 Å². The van der Waals surface area contributed by atoms with Crippen molar-refractivity contribution in [3.8, 4) is 111 Å². The Balaban J connectivity index is 0.000000116. The maximum Gasteiger partial charge on any atom is 0.0619 e. The van der Waals surface area contributed by atoms with Crippen LogP contribution in [0.4, 0.5) is 34.1 Å². The van der Waals surface area contributed by atoms with Crippen LogP contribution in [0.1, 0.15) is 105 Å². The first-order valence-corrected chi connectivity index (χ1v) is 52.3. The molecule has 0 unspecified atom stereocenters. The van der Waals surface area contributed by atoms with Crippen LogP contribution >= 0.6 is 0 Å². The minimum atomic E-state index is 0.0540. The van der Waals surface area contributed by atoms with Gasteiger partial charge in [-0.1, -0.05) is 496 Å². The fourth-order valence-corrected chi connectivity index (χ4v) is 23.8. The molecule has 0 heterocycles. The minimum Gasteiger partial charge on any atom is -0.309 e. The Morgan fingerprint density at radius 3 is 0.905 bits per heavy atom. The molecular formula is C146H116N2. The maximum atomic E-state index is 2.48. The van der Waals surface area contributed by atoms with Crippen molar-refractivity contribution in [3.63, 3.8) is 0 Å². The molecule has 0 radical (unpaired) electrons. The van der Waals surface area contributed by atoms with Gasteiger partial charge in [0.05, 0.1) is 11.4 Å². The summed E-state index contributed by atoms with van der Waals surface area (Å²) in [6, 6.07) is 180. The molecule has 27 rings (SSSR count). The molecule has 2 heteroatoms. The molecule has 0 fully saturated rings. The summed E-state index contributed by atoms with van der Waals surface area (Å²) in [7, 11) is 0. The highest BCUT2D eigenvalue weighted by Crippen LogP contribution is 2.61. The van der Waals surface area contributed by atoms with Crippen LogP contribution < -0.4 is 9.80 Å². The van der Waals surface area contributed by atoms with Crippen molar-refractivity contribution in [2.45, 2.75) is 105 Å². The minimum absolute atomic E-state index is 0.0540. The Labute approximate surface area is 868 Å². The number of nitrogens with zero attached hydrogens (tertiary/aromatic N) is 2. The highest BCUT2D eigenvalue weighted by atomic mass is 15.2. The smallest absolute Gasteiger partial charge is 0.0619 e. The summed E-state index contributed by atoms with van der Waals surface area (Å²) in [5.74, 6) is 0. The van der Waals surface area contributed by atoms with E-state index < -0.39 is 0 Å². The van der Waals surface area contributed by atoms with Crippen molar-refractivity contribution in [1.82, 2.24) is 0 Å². The maximum absolute atomic E-state index is 2.48. The number of rotatable bonds is 12. The second-order valence-corrected chi connectivity index (χ2v) is 44.5. The molecule has 2 aliphatic carbocycles. The fourth-order valence-electron chi connectivity index (χ4n) is 23.8. The molecule has 0 saturated carbocycles. The third-order valence-electron chi connectivity index (χ3n) is 31.3. The summed E-state index contributed by atoms with van der Waals surface area (Å²) in [5, 5.41) is 25.4. The van der Waals surface area contributed by atoms with Crippen molar-refractivity contribution in [2.24, 2.45) is 0 Å². The lowest BCUT2D eigenvalue weighted by Gasteiger charge is -2.33. The van der Waals surface area contributed by atoms with Gasteiger partial charge in [-0.25, -0.2) is 0 Å². The monoisotopic (exact) mass is 1900 g/mol. The molecule has 0 N–H and O–H groups in total. The van der Waals surface area contributed by atoms with Crippen LogP contribution in [0.3, 0.4) is 0 Å². The van der Waals surface area contributed by atoms with Gasteiger partial charge >= 0.3 is 0 Å². The lowest BCUT2D eigenvalue weighted by Crippen LogP contribution is -2.17. The average molecular weight is 1900 g/mol. The van der Waals surface area contributed by atoms with E-state index in [0.717, 1.165) is 22.7 Å². The number of hydrogen-bond donors (Lipinski definition) is 0. The van der Waals surface area contributed by atoms with Crippen molar-refractivity contribution in [1.29, 1.82) is 0 Å². The van der Waals surface area contributed by atoms with E-state index in [-0.39, 0.29) is 21.7 Å². The number of hydrogen-bond acceptors (Lipinski definition) is 2. The molecule has 0 aliphatic heterocycles. The molecule has 0 bridgehead atoms. The molecule has 0 spiro atoms. The second-order valence-electron chi connectivity index (χ2n) is 44.5. The Morgan fingerprint density at radius 2 is 0.432 bits per heavy atom. The van der Waals surface area contributed by atoms with Gasteiger partial charge in [-0.15, -0.1) is 0 Å². The zero-order valence-electron chi connectivity index (χ0n) is 86.1. The third-order valence-corrected chi connectivity index (χ3v) is 31.3. The van der Waals surface area contributed by atoms with Crippen LogP contribution in [0.2, 0.25) is 0 Å². The standard InChI is InChI=1S/C54H60N2.C48H28.C44H28/c1-51(2,3)37-21-29-41(30-22-37)55(42-31-23-38(24-32-42)52(4,5)6)49-45-17-13-15-19-47(45)50(48-20-16-14-18-46(48)49)56(43-33-25-39(26-34-43)53(7,8)9)44-35-27-40(28-36-44)54(10,11)12;1-3-13-29(14-4-1)43-38-19-9-10-20-39(38)44(30-15-5-2-6-16-30)48-42-28-26-34(37-23-12-24-41(46(37)42)47(43)48)33-25-27-40-32-18-8-7-17-31(32)35-21-11-22-36(33)45(35)40;1-2-11-29(12-3-1)33-23-24-39-41(26-33)44-27-40(34-22-21-30-13-4-5-15-32(30)25-34)37-18-8-9-19-38(37)43(44)28-42(39)36-20-10-16-31-14-6-7-17-35(31)36/h13-36H,1-12H3;1-28H;1-28H. The first-order valence-electron chi connectivity index (χ1n) is 52.3. The summed E-state index contributed by atoms with van der Waals surface area (Å²) in [4.78, 5) is 4.96. The van der Waals surface area contributed by atoms with Crippen LogP contribution in [0.25, 0.3) is 219 Å². The van der Waals surface area contributed by atoms with E-state index in [1.54, 1.807) is 0 Å². The predicted molar refractivity (Wildman–Crippen MR) is 640 cm³/mol. The van der Waals surface area contributed by atoms with Gasteiger partial charge in [0, 0.05) is 44.3 Å². The van der Waals surface area contributed by atoms with E-state index in [1.165, 1.54) is 253 Å². The molecule has 0 aromatic heterocycles. The highest BCUT2D eigenvalue weighted by Gasteiger charge is 2.35. The van der Waals surface area contributed by atoms with Gasteiger partial charge in [-0.3, -0.25) is 0 Å². The quantitative estimate of drug-likeness (QED) is 0.0683. The first-order chi connectivity index (χ1) is 72.0. The molecule has 710 valence electrons. The van der Waals surface area contributed by atoms with Crippen LogP contribution in [0.15, 0.2) is 485 Å². The average Bonchev–Trinajstić information content (AvgIpc) is 1.52. The van der Waals surface area contributed by atoms with Crippen LogP contribution in [-0.2, 0) is 21.7 Å². The largest absolute Gasteiger partial charge is 0.309 e. The summed E-state index contributed by atoms with van der Waals surface area (Å²) < 4.78 is 0. The molecule has 2 nitrogen and oxygen atoms in total. The summed E-state index contributed by atoms with van der Waals surface area (Å²) >= 11 is 0. The van der Waals surface area contributed by atoms with Crippen LogP contribution in [-0.4, -0.2) is 0 Å². The van der Waals surface area contributed by atoms with Gasteiger partial charge in [-0.2, -0.15) is 0 Å². The summed E-state index contributed by atoms with van der Waals surface area (Å²) in [5.41, 5.74) is 38.3. The van der Waals surface area contributed by atoms with Gasteiger partial charge < -0.3 is 9.80 Å². The van der Waals surface area contributed by atoms with Gasteiger partial charge in [0.1, 0.15) is 0 Å². The summed E-state index contributed by atoms with van der Waals surface area (Å²) in [6.07, 6.45) is 0. The highest BCUT2D eigenvalue weighted by molar-refractivity contribution is 6.32. The van der Waals surface area contributed by atoms with Crippen molar-refractivity contribution >= 4 is 142 Å². The SMILES string of the molecule is CC(C)(C)c1ccc(N(c2ccc(C(C)(C)C)cc2)c2c3ccccc3c(N(c3ccc(C(C)(C)C)cc3)c3ccc(C(C)(C)C)cc3)c3ccccc23)cc1.c1ccc(-c2c3c(c(-c4ccccc4)c4ccccc24)-c2ccc(-c4ccc5c6c(cccc46)-c4ccccc4-5)c4cccc-3c24)cc1.c1ccc(-c2ccc3c(-c4cccc5ccccc45)cc4c5ccccc5c(-c5ccc6ccccc6c5)cc4c3c2)cc1. The van der Waals surface area contributed by atoms with E-state index in [0.29, 0.717) is 0 Å². The number of benzene rings is 25. The van der Waals surface area contributed by atoms with E-state index >= 15 is 0 Å². The Bertz CT molecular complexity index is 9080. The van der Waals surface area contributed by atoms with Gasteiger partial charge in [0.15, 0.2) is 0 Å². The molecule has 2 aliphatic rings. The zero-order valence-corrected chi connectivity index (χ0v) is 86.1. The van der Waals surface area contributed by atoms with Crippen molar-refractivity contribution in [2.75, 3.05) is 9.80 Å². The first kappa shape index (κ1) is 91.9.